The van der Waals surface area contributed by atoms with Gasteiger partial charge in [0.2, 0.25) is 0 Å². The van der Waals surface area contributed by atoms with E-state index in [0.29, 0.717) is 5.92 Å². The number of hydrogen-bond acceptors (Lipinski definition) is 0. The minimum Gasteiger partial charge on any atom is -0.102 e. The van der Waals surface area contributed by atoms with Crippen LogP contribution in [0.4, 0.5) is 0 Å². The van der Waals surface area contributed by atoms with Gasteiger partial charge in [0.05, 0.1) is 8.07 Å². The molecule has 20 heavy (non-hydrogen) atoms. The van der Waals surface area contributed by atoms with Crippen LogP contribution < -0.4 is 5.19 Å². The van der Waals surface area contributed by atoms with Crippen molar-refractivity contribution in [2.45, 2.75) is 52.8 Å². The van der Waals surface area contributed by atoms with Crippen LogP contribution in [0.15, 0.2) is 54.1 Å². The minimum absolute atomic E-state index is 0.556. The van der Waals surface area contributed by atoms with E-state index >= 15 is 0 Å². The Labute approximate surface area is 126 Å². The summed E-state index contributed by atoms with van der Waals surface area (Å²) < 4.78 is 0. The number of benzene rings is 1. The molecule has 0 amide bonds. The third kappa shape index (κ3) is 4.48. The van der Waals surface area contributed by atoms with Gasteiger partial charge in [0.1, 0.15) is 0 Å². The lowest BCUT2D eigenvalue weighted by molar-refractivity contribution is 0.651. The van der Waals surface area contributed by atoms with Crippen molar-refractivity contribution < 1.29 is 0 Å². The number of allylic oxidation sites excluding steroid dienone is 3. The first kappa shape index (κ1) is 17.0. The molecular weight excluding hydrogens is 256 g/mol. The summed E-state index contributed by atoms with van der Waals surface area (Å²) in [5, 5.41) is 1.55. The fourth-order valence-electron chi connectivity index (χ4n) is 2.89. The predicted molar refractivity (Wildman–Crippen MR) is 95.3 cm³/mol. The summed E-state index contributed by atoms with van der Waals surface area (Å²) in [5.41, 5.74) is 3.11. The number of hydrogen-bond donors (Lipinski definition) is 0. The highest BCUT2D eigenvalue weighted by Gasteiger charge is 2.27. The van der Waals surface area contributed by atoms with Gasteiger partial charge in [-0.25, -0.2) is 0 Å². The van der Waals surface area contributed by atoms with Crippen molar-refractivity contribution in [2.75, 3.05) is 0 Å². The monoisotopic (exact) mass is 286 g/mol. The van der Waals surface area contributed by atoms with Crippen LogP contribution in [0.25, 0.3) is 0 Å². The maximum Gasteiger partial charge on any atom is 0.0846 e. The molecular formula is C19H30Si. The molecule has 0 aliphatic heterocycles. The van der Waals surface area contributed by atoms with Crippen LogP contribution in [0.5, 0.6) is 0 Å². The van der Waals surface area contributed by atoms with Gasteiger partial charge in [-0.2, -0.15) is 0 Å². The van der Waals surface area contributed by atoms with Crippen molar-refractivity contribution in [3.63, 3.8) is 0 Å². The molecule has 0 fully saturated rings. The Morgan fingerprint density at radius 3 is 2.25 bits per heavy atom. The van der Waals surface area contributed by atoms with Crippen molar-refractivity contribution in [3.05, 3.63) is 54.1 Å². The molecule has 0 aliphatic carbocycles. The lowest BCUT2D eigenvalue weighted by atomic mass is 9.92. The predicted octanol–water partition coefficient (Wildman–Crippen LogP) is 5.54. The average molecular weight is 287 g/mol. The van der Waals surface area contributed by atoms with Gasteiger partial charge in [-0.1, -0.05) is 79.2 Å². The molecule has 1 aromatic carbocycles. The van der Waals surface area contributed by atoms with Gasteiger partial charge in [0.15, 0.2) is 0 Å². The van der Waals surface area contributed by atoms with E-state index < -0.39 is 8.07 Å². The summed E-state index contributed by atoms with van der Waals surface area (Å²) in [6.45, 7) is 15.8. The Kier molecular flexibility index (Phi) is 6.48. The fraction of sp³-hybridized carbons (Fsp3) is 0.474. The first-order chi connectivity index (χ1) is 9.42. The third-order valence-corrected chi connectivity index (χ3v) is 7.32. The topological polar surface area (TPSA) is 0 Å². The first-order valence-electron chi connectivity index (χ1n) is 7.76. The van der Waals surface area contributed by atoms with Crippen LogP contribution >= 0.6 is 0 Å². The van der Waals surface area contributed by atoms with Crippen LogP contribution in [0.2, 0.25) is 19.1 Å². The van der Waals surface area contributed by atoms with E-state index in [4.69, 9.17) is 0 Å². The lowest BCUT2D eigenvalue weighted by Crippen LogP contribution is -2.42. The van der Waals surface area contributed by atoms with Crippen molar-refractivity contribution in [1.29, 1.82) is 0 Å². The summed E-state index contributed by atoms with van der Waals surface area (Å²) in [6, 6.07) is 12.3. The SMILES string of the molecule is C=CC(CCC)C(C[Si](C)(C)c1ccccc1)=C(C)C. The zero-order valence-corrected chi connectivity index (χ0v) is 14.9. The molecule has 0 aromatic heterocycles. The smallest absolute Gasteiger partial charge is 0.0846 e. The molecule has 110 valence electrons. The van der Waals surface area contributed by atoms with E-state index in [1.54, 1.807) is 10.8 Å². The van der Waals surface area contributed by atoms with E-state index in [1.807, 2.05) is 0 Å². The second-order valence-corrected chi connectivity index (χ2v) is 11.3. The van der Waals surface area contributed by atoms with E-state index in [9.17, 15) is 0 Å². The summed E-state index contributed by atoms with van der Waals surface area (Å²) >= 11 is 0. The van der Waals surface area contributed by atoms with E-state index in [1.165, 1.54) is 24.5 Å². The van der Waals surface area contributed by atoms with E-state index in [-0.39, 0.29) is 0 Å². The lowest BCUT2D eigenvalue weighted by Gasteiger charge is -2.29. The molecule has 1 unspecified atom stereocenters. The van der Waals surface area contributed by atoms with Crippen LogP contribution in [0.1, 0.15) is 33.6 Å². The second-order valence-electron chi connectivity index (χ2n) is 6.58. The summed E-state index contributed by atoms with van der Waals surface area (Å²) in [5.74, 6) is 0.556. The maximum atomic E-state index is 4.07. The molecule has 0 heterocycles. The molecule has 0 saturated heterocycles. The van der Waals surface area contributed by atoms with Gasteiger partial charge >= 0.3 is 0 Å². The van der Waals surface area contributed by atoms with Crippen molar-refractivity contribution in [3.8, 4) is 0 Å². The molecule has 0 spiro atoms. The zero-order chi connectivity index (χ0) is 15.2. The van der Waals surface area contributed by atoms with Crippen molar-refractivity contribution in [2.24, 2.45) is 5.92 Å². The Morgan fingerprint density at radius 1 is 1.20 bits per heavy atom. The molecule has 0 bridgehead atoms. The van der Waals surface area contributed by atoms with Gasteiger partial charge in [-0.05, 0) is 32.2 Å². The molecule has 1 heteroatoms. The Bertz CT molecular complexity index is 450. The molecule has 1 aromatic rings. The van der Waals surface area contributed by atoms with Gasteiger partial charge in [0.25, 0.3) is 0 Å². The second kappa shape index (κ2) is 7.63. The normalized spacial score (nSPS) is 12.8. The van der Waals surface area contributed by atoms with Crippen LogP contribution in [-0.2, 0) is 0 Å². The van der Waals surface area contributed by atoms with Gasteiger partial charge in [-0.3, -0.25) is 0 Å². The van der Waals surface area contributed by atoms with Gasteiger partial charge in [0, 0.05) is 0 Å². The average Bonchev–Trinajstić information content (AvgIpc) is 2.43. The highest BCUT2D eigenvalue weighted by molar-refractivity contribution is 6.90. The Hall–Kier alpha value is -1.08. The number of rotatable bonds is 7. The largest absolute Gasteiger partial charge is 0.102 e. The highest BCUT2D eigenvalue weighted by Crippen LogP contribution is 2.29. The van der Waals surface area contributed by atoms with Crippen molar-refractivity contribution >= 4 is 13.3 Å². The van der Waals surface area contributed by atoms with Gasteiger partial charge < -0.3 is 0 Å². The zero-order valence-electron chi connectivity index (χ0n) is 13.9. The summed E-state index contributed by atoms with van der Waals surface area (Å²) in [6.07, 6.45) is 4.60. The molecule has 0 nitrogen and oxygen atoms in total. The summed E-state index contributed by atoms with van der Waals surface area (Å²) in [7, 11) is -1.42. The molecule has 0 N–H and O–H groups in total. The van der Waals surface area contributed by atoms with Crippen molar-refractivity contribution in [1.82, 2.24) is 0 Å². The standard InChI is InChI=1S/C19H30Si/c1-7-12-17(8-2)19(16(3)4)15-20(5,6)18-13-10-9-11-14-18/h8-11,13-14,17H,2,7,12,15H2,1,3-6H3. The molecule has 0 saturated carbocycles. The van der Waals surface area contributed by atoms with E-state index in [0.717, 1.165) is 0 Å². The molecule has 0 radical (unpaired) electrons. The highest BCUT2D eigenvalue weighted by atomic mass is 28.3. The van der Waals surface area contributed by atoms with Crippen LogP contribution in [0, 0.1) is 5.92 Å². The third-order valence-electron chi connectivity index (χ3n) is 4.16. The van der Waals surface area contributed by atoms with Gasteiger partial charge in [-0.15, -0.1) is 6.58 Å². The summed E-state index contributed by atoms with van der Waals surface area (Å²) in [4.78, 5) is 0. The molecule has 1 rings (SSSR count). The Morgan fingerprint density at radius 2 is 1.80 bits per heavy atom. The quantitative estimate of drug-likeness (QED) is 0.456. The molecule has 0 aliphatic rings. The van der Waals surface area contributed by atoms with E-state index in [2.05, 4.69) is 76.9 Å². The first-order valence-corrected chi connectivity index (χ1v) is 11.0. The van der Waals surface area contributed by atoms with Crippen LogP contribution in [0.3, 0.4) is 0 Å². The Balaban J connectivity index is 3.02. The fourth-order valence-corrected chi connectivity index (χ4v) is 5.76. The maximum absolute atomic E-state index is 4.07. The van der Waals surface area contributed by atoms with Crippen LogP contribution in [-0.4, -0.2) is 8.07 Å². The minimum atomic E-state index is -1.42. The molecule has 1 atom stereocenters.